The molecule has 128 valence electrons. The van der Waals surface area contributed by atoms with Gasteiger partial charge in [-0.1, -0.05) is 24.8 Å². The molecule has 3 heterocycles. The van der Waals surface area contributed by atoms with Crippen LogP contribution >= 0.6 is 22.7 Å². The van der Waals surface area contributed by atoms with E-state index in [0.717, 1.165) is 32.0 Å². The van der Waals surface area contributed by atoms with Crippen LogP contribution in [0.2, 0.25) is 0 Å². The highest BCUT2D eigenvalue weighted by molar-refractivity contribution is 7.16. The number of rotatable bonds is 4. The van der Waals surface area contributed by atoms with E-state index in [2.05, 4.69) is 21.9 Å². The van der Waals surface area contributed by atoms with Gasteiger partial charge < -0.3 is 5.32 Å². The number of carbonyl (C=O) groups is 1. The molecule has 26 heavy (non-hydrogen) atoms. The van der Waals surface area contributed by atoms with Crippen molar-refractivity contribution in [2.75, 3.05) is 5.32 Å². The number of thiophene rings is 1. The minimum absolute atomic E-state index is 0.152. The normalized spacial score (nSPS) is 10.8. The van der Waals surface area contributed by atoms with Gasteiger partial charge in [0.25, 0.3) is 5.91 Å². The number of aromatic nitrogens is 2. The van der Waals surface area contributed by atoms with Gasteiger partial charge in [0.2, 0.25) is 0 Å². The topological polar surface area (TPSA) is 54.9 Å². The number of thiazole rings is 1. The predicted molar refractivity (Wildman–Crippen MR) is 110 cm³/mol. The number of carbonyl (C=O) groups excluding carboxylic acids is 1. The number of nitrogens with zero attached hydrogens (tertiary/aromatic N) is 2. The van der Waals surface area contributed by atoms with Crippen molar-refractivity contribution in [2.45, 2.75) is 6.92 Å². The Balaban J connectivity index is 1.69. The SMILES string of the molecule is C=Cc1nc(-c2ccsc2C(=O)Nc2cccc3cccnc23)sc1C. The first-order valence-corrected chi connectivity index (χ1v) is 9.70. The molecule has 0 saturated carbocycles. The Hall–Kier alpha value is -2.83. The zero-order chi connectivity index (χ0) is 18.1. The van der Waals surface area contributed by atoms with Crippen LogP contribution in [0.3, 0.4) is 0 Å². The highest BCUT2D eigenvalue weighted by Gasteiger charge is 2.19. The van der Waals surface area contributed by atoms with E-state index in [1.165, 1.54) is 11.3 Å². The molecule has 1 N–H and O–H groups in total. The number of nitrogens with one attached hydrogen (secondary N) is 1. The average molecular weight is 377 g/mol. The van der Waals surface area contributed by atoms with Crippen molar-refractivity contribution in [3.63, 3.8) is 0 Å². The number of hydrogen-bond acceptors (Lipinski definition) is 5. The molecule has 4 rings (SSSR count). The van der Waals surface area contributed by atoms with Gasteiger partial charge in [-0.2, -0.15) is 0 Å². The molecular weight excluding hydrogens is 362 g/mol. The van der Waals surface area contributed by atoms with Crippen LogP contribution in [0.15, 0.2) is 54.6 Å². The van der Waals surface area contributed by atoms with Gasteiger partial charge in [-0.05, 0) is 36.6 Å². The lowest BCUT2D eigenvalue weighted by Gasteiger charge is -2.08. The van der Waals surface area contributed by atoms with Gasteiger partial charge >= 0.3 is 0 Å². The molecule has 1 amide bonds. The molecule has 0 saturated heterocycles. The monoisotopic (exact) mass is 377 g/mol. The van der Waals surface area contributed by atoms with E-state index in [1.54, 1.807) is 23.6 Å². The number of pyridine rings is 1. The lowest BCUT2D eigenvalue weighted by Crippen LogP contribution is -2.11. The Morgan fingerprint density at radius 3 is 2.88 bits per heavy atom. The fraction of sp³-hybridized carbons (Fsp3) is 0.0500. The lowest BCUT2D eigenvalue weighted by molar-refractivity contribution is 0.103. The quantitative estimate of drug-likeness (QED) is 0.502. The molecule has 0 aliphatic heterocycles. The third-order valence-corrected chi connectivity index (χ3v) is 5.94. The first-order chi connectivity index (χ1) is 12.7. The van der Waals surface area contributed by atoms with Crippen LogP contribution in [0.4, 0.5) is 5.69 Å². The summed E-state index contributed by atoms with van der Waals surface area (Å²) < 4.78 is 0. The van der Waals surface area contributed by atoms with E-state index < -0.39 is 0 Å². The highest BCUT2D eigenvalue weighted by atomic mass is 32.1. The van der Waals surface area contributed by atoms with Crippen LogP contribution in [0.1, 0.15) is 20.2 Å². The molecular formula is C20H15N3OS2. The van der Waals surface area contributed by atoms with Gasteiger partial charge in [0.15, 0.2) is 0 Å². The second kappa shape index (κ2) is 6.82. The summed E-state index contributed by atoms with van der Waals surface area (Å²) in [4.78, 5) is 23.6. The van der Waals surface area contributed by atoms with E-state index in [4.69, 9.17) is 0 Å². The summed E-state index contributed by atoms with van der Waals surface area (Å²) in [7, 11) is 0. The smallest absolute Gasteiger partial charge is 0.266 e. The van der Waals surface area contributed by atoms with Crippen LogP contribution in [0.25, 0.3) is 27.6 Å². The second-order valence-corrected chi connectivity index (χ2v) is 7.78. The number of anilines is 1. The molecule has 0 unspecified atom stereocenters. The molecule has 0 fully saturated rings. The van der Waals surface area contributed by atoms with E-state index in [9.17, 15) is 4.79 Å². The van der Waals surface area contributed by atoms with Crippen molar-refractivity contribution in [1.82, 2.24) is 9.97 Å². The molecule has 3 aromatic heterocycles. The zero-order valence-electron chi connectivity index (χ0n) is 14.0. The summed E-state index contributed by atoms with van der Waals surface area (Å²) in [6.45, 7) is 5.80. The van der Waals surface area contributed by atoms with Crippen LogP contribution in [0, 0.1) is 6.92 Å². The van der Waals surface area contributed by atoms with Crippen LogP contribution in [-0.4, -0.2) is 15.9 Å². The van der Waals surface area contributed by atoms with Crippen molar-refractivity contribution >= 4 is 51.2 Å². The minimum atomic E-state index is -0.152. The summed E-state index contributed by atoms with van der Waals surface area (Å²) in [5, 5.41) is 6.73. The second-order valence-electron chi connectivity index (χ2n) is 5.66. The Morgan fingerprint density at radius 1 is 1.23 bits per heavy atom. The Morgan fingerprint density at radius 2 is 2.08 bits per heavy atom. The van der Waals surface area contributed by atoms with Gasteiger partial charge in [0.05, 0.1) is 16.9 Å². The average Bonchev–Trinajstić information content (AvgIpc) is 3.28. The predicted octanol–water partition coefficient (Wildman–Crippen LogP) is 5.62. The van der Waals surface area contributed by atoms with Crippen molar-refractivity contribution in [2.24, 2.45) is 0 Å². The maximum absolute atomic E-state index is 12.9. The summed E-state index contributed by atoms with van der Waals surface area (Å²) >= 11 is 2.98. The standard InChI is InChI=1S/C20H15N3OS2/c1-3-15-12(2)26-20(23-15)14-9-11-25-18(14)19(24)22-16-8-4-6-13-7-5-10-21-17(13)16/h3-11H,1H2,2H3,(H,22,24). The Kier molecular flexibility index (Phi) is 4.36. The van der Waals surface area contributed by atoms with E-state index in [-0.39, 0.29) is 5.91 Å². The van der Waals surface area contributed by atoms with Crippen molar-refractivity contribution in [3.8, 4) is 10.6 Å². The molecule has 1 aromatic carbocycles. The molecule has 6 heteroatoms. The lowest BCUT2D eigenvalue weighted by atomic mass is 10.2. The first-order valence-electron chi connectivity index (χ1n) is 8.00. The minimum Gasteiger partial charge on any atom is -0.319 e. The van der Waals surface area contributed by atoms with Gasteiger partial charge in [-0.3, -0.25) is 9.78 Å². The molecule has 0 atom stereocenters. The first kappa shape index (κ1) is 16.6. The molecule has 0 spiro atoms. The molecule has 0 radical (unpaired) electrons. The number of hydrogen-bond donors (Lipinski definition) is 1. The largest absolute Gasteiger partial charge is 0.319 e. The number of fused-ring (bicyclic) bond motifs is 1. The van der Waals surface area contributed by atoms with Crippen molar-refractivity contribution < 1.29 is 4.79 Å². The fourth-order valence-corrected chi connectivity index (χ4v) is 4.55. The van der Waals surface area contributed by atoms with Crippen LogP contribution in [-0.2, 0) is 0 Å². The van der Waals surface area contributed by atoms with Crippen molar-refractivity contribution in [3.05, 3.63) is 70.0 Å². The van der Waals surface area contributed by atoms with Crippen LogP contribution in [0.5, 0.6) is 0 Å². The number of benzene rings is 1. The fourth-order valence-electron chi connectivity index (χ4n) is 2.75. The maximum atomic E-state index is 12.9. The summed E-state index contributed by atoms with van der Waals surface area (Å²) in [6.07, 6.45) is 3.47. The summed E-state index contributed by atoms with van der Waals surface area (Å²) in [5.41, 5.74) is 3.19. The third-order valence-electron chi connectivity index (χ3n) is 4.01. The highest BCUT2D eigenvalue weighted by Crippen LogP contribution is 2.34. The van der Waals surface area contributed by atoms with Gasteiger partial charge in [0.1, 0.15) is 9.88 Å². The molecule has 4 aromatic rings. The Labute approximate surface area is 158 Å². The van der Waals surface area contributed by atoms with E-state index in [0.29, 0.717) is 10.6 Å². The molecule has 4 nitrogen and oxygen atoms in total. The van der Waals surface area contributed by atoms with Crippen molar-refractivity contribution in [1.29, 1.82) is 0 Å². The maximum Gasteiger partial charge on any atom is 0.266 e. The third kappa shape index (κ3) is 2.94. The van der Waals surface area contributed by atoms with Gasteiger partial charge in [0, 0.05) is 22.0 Å². The summed E-state index contributed by atoms with van der Waals surface area (Å²) in [6, 6.07) is 11.5. The van der Waals surface area contributed by atoms with E-state index in [1.807, 2.05) is 48.7 Å². The van der Waals surface area contributed by atoms with Crippen LogP contribution < -0.4 is 5.32 Å². The van der Waals surface area contributed by atoms with Gasteiger partial charge in [-0.15, -0.1) is 22.7 Å². The molecule has 0 aliphatic carbocycles. The molecule has 0 bridgehead atoms. The van der Waals surface area contributed by atoms with E-state index >= 15 is 0 Å². The number of amides is 1. The Bertz CT molecular complexity index is 1120. The number of aryl methyl sites for hydroxylation is 1. The summed E-state index contributed by atoms with van der Waals surface area (Å²) in [5.74, 6) is -0.152. The number of para-hydroxylation sites is 1. The molecule has 0 aliphatic rings. The zero-order valence-corrected chi connectivity index (χ0v) is 15.7. The van der Waals surface area contributed by atoms with Gasteiger partial charge in [-0.25, -0.2) is 4.98 Å².